The average Bonchev–Trinajstić information content (AvgIpc) is 2.95. The van der Waals surface area contributed by atoms with Crippen LogP contribution in [0, 0.1) is 0 Å². The van der Waals surface area contributed by atoms with Gasteiger partial charge in [0.1, 0.15) is 0 Å². The Labute approximate surface area is 127 Å². The van der Waals surface area contributed by atoms with Crippen molar-refractivity contribution in [1.29, 1.82) is 0 Å². The number of amides is 1. The van der Waals surface area contributed by atoms with Crippen LogP contribution in [0.2, 0.25) is 0 Å². The maximum Gasteiger partial charge on any atom is 0.305 e. The number of ether oxygens (including phenoxy) is 1. The van der Waals surface area contributed by atoms with E-state index in [-0.39, 0.29) is 12.3 Å². The third-order valence-electron chi connectivity index (χ3n) is 4.15. The van der Waals surface area contributed by atoms with Gasteiger partial charge in [-0.2, -0.15) is 0 Å². The van der Waals surface area contributed by atoms with Crippen molar-refractivity contribution in [3.63, 3.8) is 0 Å². The Bertz CT molecular complexity index is 701. The maximum atomic E-state index is 12.6. The highest BCUT2D eigenvalue weighted by Crippen LogP contribution is 2.26. The first kappa shape index (κ1) is 14.6. The van der Waals surface area contributed by atoms with Crippen LogP contribution in [0.25, 0.3) is 10.9 Å². The molecule has 2 aromatic rings. The van der Waals surface area contributed by atoms with E-state index in [0.29, 0.717) is 31.6 Å². The van der Waals surface area contributed by atoms with Crippen LogP contribution >= 0.6 is 0 Å². The molecule has 22 heavy (non-hydrogen) atoms. The van der Waals surface area contributed by atoms with Gasteiger partial charge in [-0.3, -0.25) is 9.59 Å². The van der Waals surface area contributed by atoms with Crippen LogP contribution in [-0.4, -0.2) is 40.7 Å². The summed E-state index contributed by atoms with van der Waals surface area (Å²) in [6.45, 7) is 0.917. The van der Waals surface area contributed by atoms with E-state index < -0.39 is 11.5 Å². The number of carboxylic acids is 1. The number of H-pyrrole nitrogens is 1. The largest absolute Gasteiger partial charge is 0.481 e. The summed E-state index contributed by atoms with van der Waals surface area (Å²) >= 11 is 0. The molecule has 1 aliphatic heterocycles. The van der Waals surface area contributed by atoms with E-state index in [1.807, 2.05) is 18.2 Å². The number of carbonyl (C=O) groups excluding carboxylic acids is 1. The number of hydrogen-bond acceptors (Lipinski definition) is 3. The zero-order chi connectivity index (χ0) is 15.6. The summed E-state index contributed by atoms with van der Waals surface area (Å²) in [4.78, 5) is 26.9. The Morgan fingerprint density at radius 2 is 2.05 bits per heavy atom. The SMILES string of the molecule is O=C(O)CC1(NC(=O)c2cccc3cc[nH]c23)CCOCC1. The van der Waals surface area contributed by atoms with E-state index in [2.05, 4.69) is 10.3 Å². The summed E-state index contributed by atoms with van der Waals surface area (Å²) < 4.78 is 5.30. The monoisotopic (exact) mass is 302 g/mol. The smallest absolute Gasteiger partial charge is 0.305 e. The molecule has 0 bridgehead atoms. The topological polar surface area (TPSA) is 91.4 Å². The lowest BCUT2D eigenvalue weighted by Crippen LogP contribution is -2.53. The summed E-state index contributed by atoms with van der Waals surface area (Å²) in [5.41, 5.74) is 0.548. The number of aliphatic carboxylic acids is 1. The molecule has 0 saturated carbocycles. The van der Waals surface area contributed by atoms with Crippen molar-refractivity contribution >= 4 is 22.8 Å². The molecule has 1 fully saturated rings. The van der Waals surface area contributed by atoms with Gasteiger partial charge in [0.25, 0.3) is 5.91 Å². The van der Waals surface area contributed by atoms with Crippen molar-refractivity contribution < 1.29 is 19.4 Å². The molecular weight excluding hydrogens is 284 g/mol. The molecule has 1 saturated heterocycles. The lowest BCUT2D eigenvalue weighted by molar-refractivity contribution is -0.139. The fourth-order valence-electron chi connectivity index (χ4n) is 2.98. The Morgan fingerprint density at radius 3 is 2.77 bits per heavy atom. The van der Waals surface area contributed by atoms with Gasteiger partial charge in [-0.15, -0.1) is 0 Å². The third-order valence-corrected chi connectivity index (χ3v) is 4.15. The lowest BCUT2D eigenvalue weighted by Gasteiger charge is -2.36. The van der Waals surface area contributed by atoms with Gasteiger partial charge >= 0.3 is 5.97 Å². The highest BCUT2D eigenvalue weighted by Gasteiger charge is 2.36. The van der Waals surface area contributed by atoms with E-state index >= 15 is 0 Å². The molecule has 0 aliphatic carbocycles. The number of carbonyl (C=O) groups is 2. The Balaban J connectivity index is 1.87. The predicted octanol–water partition coefficient (Wildman–Crippen LogP) is 1.92. The summed E-state index contributed by atoms with van der Waals surface area (Å²) in [5.74, 6) is -1.17. The normalized spacial score (nSPS) is 17.3. The Kier molecular flexibility index (Phi) is 3.85. The second kappa shape index (κ2) is 5.81. The van der Waals surface area contributed by atoms with Gasteiger partial charge in [-0.05, 0) is 25.0 Å². The predicted molar refractivity (Wildman–Crippen MR) is 80.8 cm³/mol. The third kappa shape index (κ3) is 2.82. The number of aromatic amines is 1. The van der Waals surface area contributed by atoms with E-state index in [0.717, 1.165) is 10.9 Å². The number of carboxylic acid groups (broad SMARTS) is 1. The maximum absolute atomic E-state index is 12.6. The molecule has 6 nitrogen and oxygen atoms in total. The fraction of sp³-hybridized carbons (Fsp3) is 0.375. The first-order valence-electron chi connectivity index (χ1n) is 7.28. The molecule has 0 unspecified atom stereocenters. The summed E-state index contributed by atoms with van der Waals surface area (Å²) in [6.07, 6.45) is 2.70. The number of fused-ring (bicyclic) bond motifs is 1. The van der Waals surface area contributed by atoms with Gasteiger partial charge in [-0.25, -0.2) is 0 Å². The highest BCUT2D eigenvalue weighted by molar-refractivity contribution is 6.06. The van der Waals surface area contributed by atoms with Crippen molar-refractivity contribution in [1.82, 2.24) is 10.3 Å². The number of nitrogens with one attached hydrogen (secondary N) is 2. The number of rotatable bonds is 4. The standard InChI is InChI=1S/C16H18N2O4/c19-13(20)10-16(5-8-22-9-6-16)18-15(21)12-3-1-2-11-4-7-17-14(11)12/h1-4,7,17H,5-6,8-10H2,(H,18,21)(H,19,20). The van der Waals surface area contributed by atoms with Crippen molar-refractivity contribution in [2.75, 3.05) is 13.2 Å². The summed E-state index contributed by atoms with van der Waals surface area (Å²) in [5, 5.41) is 13.0. The van der Waals surface area contributed by atoms with Crippen LogP contribution < -0.4 is 5.32 Å². The average molecular weight is 302 g/mol. The molecule has 0 radical (unpaired) electrons. The molecule has 116 valence electrons. The molecule has 0 spiro atoms. The van der Waals surface area contributed by atoms with Crippen LogP contribution in [0.4, 0.5) is 0 Å². The van der Waals surface area contributed by atoms with Crippen LogP contribution in [0.5, 0.6) is 0 Å². The number of hydrogen-bond donors (Lipinski definition) is 3. The zero-order valence-electron chi connectivity index (χ0n) is 12.1. The fourth-order valence-corrected chi connectivity index (χ4v) is 2.98. The van der Waals surface area contributed by atoms with E-state index in [1.54, 1.807) is 12.3 Å². The molecule has 6 heteroatoms. The molecule has 1 amide bonds. The number of para-hydroxylation sites is 1. The quantitative estimate of drug-likeness (QED) is 0.804. The van der Waals surface area contributed by atoms with Gasteiger partial charge in [-0.1, -0.05) is 12.1 Å². The summed E-state index contributed by atoms with van der Waals surface area (Å²) in [6, 6.07) is 7.37. The Hall–Kier alpha value is -2.34. The highest BCUT2D eigenvalue weighted by atomic mass is 16.5. The van der Waals surface area contributed by atoms with Crippen LogP contribution in [0.1, 0.15) is 29.6 Å². The van der Waals surface area contributed by atoms with Crippen molar-refractivity contribution in [2.24, 2.45) is 0 Å². The van der Waals surface area contributed by atoms with Crippen LogP contribution in [-0.2, 0) is 9.53 Å². The van der Waals surface area contributed by atoms with Crippen molar-refractivity contribution in [2.45, 2.75) is 24.8 Å². The van der Waals surface area contributed by atoms with Crippen molar-refractivity contribution in [3.05, 3.63) is 36.0 Å². The molecule has 3 rings (SSSR count). The van der Waals surface area contributed by atoms with Crippen LogP contribution in [0.3, 0.4) is 0 Å². The minimum atomic E-state index is -0.916. The van der Waals surface area contributed by atoms with Gasteiger partial charge in [0, 0.05) is 24.8 Å². The minimum Gasteiger partial charge on any atom is -0.481 e. The molecule has 1 aromatic carbocycles. The summed E-state index contributed by atoms with van der Waals surface area (Å²) in [7, 11) is 0. The molecule has 1 aromatic heterocycles. The van der Waals surface area contributed by atoms with Gasteiger partial charge in [0.05, 0.1) is 23.0 Å². The number of aromatic nitrogens is 1. The first-order chi connectivity index (χ1) is 10.6. The second-order valence-electron chi connectivity index (χ2n) is 5.66. The molecular formula is C16H18N2O4. The molecule has 3 N–H and O–H groups in total. The van der Waals surface area contributed by atoms with Crippen molar-refractivity contribution in [3.8, 4) is 0 Å². The van der Waals surface area contributed by atoms with E-state index in [1.165, 1.54) is 0 Å². The molecule has 1 aliphatic rings. The molecule has 0 atom stereocenters. The number of benzene rings is 1. The van der Waals surface area contributed by atoms with E-state index in [4.69, 9.17) is 9.84 Å². The van der Waals surface area contributed by atoms with Gasteiger partial charge < -0.3 is 20.1 Å². The van der Waals surface area contributed by atoms with Gasteiger partial charge in [0.2, 0.25) is 0 Å². The van der Waals surface area contributed by atoms with Crippen LogP contribution in [0.15, 0.2) is 30.5 Å². The first-order valence-corrected chi connectivity index (χ1v) is 7.28. The van der Waals surface area contributed by atoms with E-state index in [9.17, 15) is 9.59 Å². The molecule has 2 heterocycles. The Morgan fingerprint density at radius 1 is 1.27 bits per heavy atom. The second-order valence-corrected chi connectivity index (χ2v) is 5.66. The minimum absolute atomic E-state index is 0.0944. The zero-order valence-corrected chi connectivity index (χ0v) is 12.1. The lowest BCUT2D eigenvalue weighted by atomic mass is 9.86. The van der Waals surface area contributed by atoms with Gasteiger partial charge in [0.15, 0.2) is 0 Å².